The summed E-state index contributed by atoms with van der Waals surface area (Å²) < 4.78 is 44.0. The monoisotopic (exact) mass is 364 g/mol. The van der Waals surface area contributed by atoms with Crippen LogP contribution in [0.15, 0.2) is 54.6 Å². The lowest BCUT2D eigenvalue weighted by Gasteiger charge is -2.33. The summed E-state index contributed by atoms with van der Waals surface area (Å²) in [6, 6.07) is 13.3. The largest absolute Gasteiger partial charge is 0.416 e. The Morgan fingerprint density at radius 1 is 1.04 bits per heavy atom. The van der Waals surface area contributed by atoms with Crippen LogP contribution in [0.2, 0.25) is 0 Å². The number of carbonyl (C=O) groups is 1. The Morgan fingerprint density at radius 3 is 2.38 bits per heavy atom. The van der Waals surface area contributed by atoms with E-state index in [4.69, 9.17) is 4.74 Å². The van der Waals surface area contributed by atoms with E-state index in [9.17, 15) is 18.0 Å². The second-order valence-electron chi connectivity index (χ2n) is 6.03. The van der Waals surface area contributed by atoms with Gasteiger partial charge in [0, 0.05) is 18.8 Å². The standard InChI is InChI=1S/C19H19F3N2O2/c20-19(21,22)15-7-4-8-16(13-15)23-18(25)17(14-5-2-1-3-6-14)24-9-11-26-12-10-24/h1-8,13,17H,9-12H2,(H,23,25). The molecule has 2 aromatic carbocycles. The highest BCUT2D eigenvalue weighted by Crippen LogP contribution is 2.31. The van der Waals surface area contributed by atoms with Gasteiger partial charge in [-0.2, -0.15) is 13.2 Å². The van der Waals surface area contributed by atoms with Crippen molar-refractivity contribution in [3.63, 3.8) is 0 Å². The first-order valence-corrected chi connectivity index (χ1v) is 8.30. The fourth-order valence-electron chi connectivity index (χ4n) is 2.98. The predicted octanol–water partition coefficient (Wildman–Crippen LogP) is 3.72. The van der Waals surface area contributed by atoms with Gasteiger partial charge < -0.3 is 10.1 Å². The van der Waals surface area contributed by atoms with Crippen molar-refractivity contribution in [2.24, 2.45) is 0 Å². The summed E-state index contributed by atoms with van der Waals surface area (Å²) in [5, 5.41) is 2.63. The summed E-state index contributed by atoms with van der Waals surface area (Å²) >= 11 is 0. The molecule has 7 heteroatoms. The Bertz CT molecular complexity index is 744. The SMILES string of the molecule is O=C(Nc1cccc(C(F)(F)F)c1)C(c1ccccc1)N1CCOCC1. The Labute approximate surface area is 149 Å². The Kier molecular flexibility index (Phi) is 5.58. The van der Waals surface area contributed by atoms with Crippen LogP contribution in [0.25, 0.3) is 0 Å². The van der Waals surface area contributed by atoms with Crippen molar-refractivity contribution in [3.8, 4) is 0 Å². The number of rotatable bonds is 4. The first kappa shape index (κ1) is 18.4. The molecule has 1 amide bonds. The van der Waals surface area contributed by atoms with Crippen molar-refractivity contribution in [3.05, 3.63) is 65.7 Å². The zero-order chi connectivity index (χ0) is 18.6. The zero-order valence-electron chi connectivity index (χ0n) is 14.0. The van der Waals surface area contributed by atoms with Crippen LogP contribution < -0.4 is 5.32 Å². The Balaban J connectivity index is 1.84. The van der Waals surface area contributed by atoms with Gasteiger partial charge in [-0.3, -0.25) is 9.69 Å². The van der Waals surface area contributed by atoms with Crippen LogP contribution in [-0.4, -0.2) is 37.1 Å². The maximum Gasteiger partial charge on any atom is 0.416 e. The van der Waals surface area contributed by atoms with Gasteiger partial charge in [0.15, 0.2) is 0 Å². The molecule has 0 radical (unpaired) electrons. The van der Waals surface area contributed by atoms with Crippen molar-refractivity contribution in [1.82, 2.24) is 4.90 Å². The number of halogens is 3. The highest BCUT2D eigenvalue weighted by Gasteiger charge is 2.32. The molecule has 138 valence electrons. The van der Waals surface area contributed by atoms with Crippen LogP contribution in [-0.2, 0) is 15.7 Å². The van der Waals surface area contributed by atoms with Crippen LogP contribution >= 0.6 is 0 Å². The molecule has 2 aromatic rings. The van der Waals surface area contributed by atoms with E-state index in [2.05, 4.69) is 5.32 Å². The second-order valence-corrected chi connectivity index (χ2v) is 6.03. The summed E-state index contributed by atoms with van der Waals surface area (Å²) in [6.07, 6.45) is -4.45. The van der Waals surface area contributed by atoms with E-state index in [0.717, 1.165) is 17.7 Å². The van der Waals surface area contributed by atoms with Gasteiger partial charge in [0.25, 0.3) is 0 Å². The molecule has 0 aliphatic carbocycles. The first-order chi connectivity index (χ1) is 12.4. The average molecular weight is 364 g/mol. The number of carbonyl (C=O) groups excluding carboxylic acids is 1. The molecule has 0 spiro atoms. The molecule has 1 aliphatic heterocycles. The van der Waals surface area contributed by atoms with Gasteiger partial charge in [-0.05, 0) is 23.8 Å². The Morgan fingerprint density at radius 2 is 1.73 bits per heavy atom. The lowest BCUT2D eigenvalue weighted by atomic mass is 10.0. The molecule has 0 aromatic heterocycles. The minimum atomic E-state index is -4.45. The molecule has 0 saturated carbocycles. The van der Waals surface area contributed by atoms with Gasteiger partial charge in [0.05, 0.1) is 18.8 Å². The van der Waals surface area contributed by atoms with E-state index in [0.29, 0.717) is 26.3 Å². The van der Waals surface area contributed by atoms with Crippen molar-refractivity contribution in [1.29, 1.82) is 0 Å². The highest BCUT2D eigenvalue weighted by atomic mass is 19.4. The first-order valence-electron chi connectivity index (χ1n) is 8.30. The van der Waals surface area contributed by atoms with E-state index in [1.165, 1.54) is 12.1 Å². The van der Waals surface area contributed by atoms with Crippen molar-refractivity contribution >= 4 is 11.6 Å². The van der Waals surface area contributed by atoms with Gasteiger partial charge in [-0.15, -0.1) is 0 Å². The fourth-order valence-corrected chi connectivity index (χ4v) is 2.98. The molecule has 26 heavy (non-hydrogen) atoms. The number of hydrogen-bond donors (Lipinski definition) is 1. The summed E-state index contributed by atoms with van der Waals surface area (Å²) in [7, 11) is 0. The van der Waals surface area contributed by atoms with Crippen LogP contribution in [0.1, 0.15) is 17.2 Å². The van der Waals surface area contributed by atoms with Crippen molar-refractivity contribution in [2.75, 3.05) is 31.6 Å². The van der Waals surface area contributed by atoms with Crippen LogP contribution in [0, 0.1) is 0 Å². The molecular weight excluding hydrogens is 345 g/mol. The maximum atomic E-state index is 12.9. The molecule has 1 heterocycles. The predicted molar refractivity (Wildman–Crippen MR) is 91.6 cm³/mol. The molecule has 1 saturated heterocycles. The number of nitrogens with one attached hydrogen (secondary N) is 1. The third-order valence-corrected chi connectivity index (χ3v) is 4.23. The molecule has 0 bridgehead atoms. The molecule has 1 N–H and O–H groups in total. The van der Waals surface area contributed by atoms with E-state index in [-0.39, 0.29) is 11.6 Å². The van der Waals surface area contributed by atoms with Crippen molar-refractivity contribution < 1.29 is 22.7 Å². The number of alkyl halides is 3. The number of amides is 1. The average Bonchev–Trinajstić information content (AvgIpc) is 2.63. The molecule has 4 nitrogen and oxygen atoms in total. The van der Waals surface area contributed by atoms with E-state index in [1.54, 1.807) is 0 Å². The smallest absolute Gasteiger partial charge is 0.379 e. The third-order valence-electron chi connectivity index (χ3n) is 4.23. The topological polar surface area (TPSA) is 41.6 Å². The minimum absolute atomic E-state index is 0.124. The molecular formula is C19H19F3N2O2. The maximum absolute atomic E-state index is 12.9. The van der Waals surface area contributed by atoms with Crippen molar-refractivity contribution in [2.45, 2.75) is 12.2 Å². The van der Waals surface area contributed by atoms with E-state index in [1.807, 2.05) is 35.2 Å². The molecule has 1 unspecified atom stereocenters. The highest BCUT2D eigenvalue weighted by molar-refractivity contribution is 5.95. The summed E-state index contributed by atoms with van der Waals surface area (Å²) in [5.74, 6) is -0.363. The summed E-state index contributed by atoms with van der Waals surface area (Å²) in [5.41, 5.74) is 0.121. The van der Waals surface area contributed by atoms with Crippen LogP contribution in [0.5, 0.6) is 0 Å². The summed E-state index contributed by atoms with van der Waals surface area (Å²) in [4.78, 5) is 14.9. The van der Waals surface area contributed by atoms with E-state index >= 15 is 0 Å². The third kappa shape index (κ3) is 4.42. The molecule has 1 fully saturated rings. The number of benzene rings is 2. The number of nitrogens with zero attached hydrogens (tertiary/aromatic N) is 1. The minimum Gasteiger partial charge on any atom is -0.379 e. The normalized spacial score (nSPS) is 16.9. The molecule has 3 rings (SSSR count). The number of ether oxygens (including phenoxy) is 1. The zero-order valence-corrected chi connectivity index (χ0v) is 14.0. The van der Waals surface area contributed by atoms with Gasteiger partial charge in [0.2, 0.25) is 5.91 Å². The van der Waals surface area contributed by atoms with E-state index < -0.39 is 17.8 Å². The van der Waals surface area contributed by atoms with Gasteiger partial charge in [0.1, 0.15) is 6.04 Å². The van der Waals surface area contributed by atoms with Crippen LogP contribution in [0.4, 0.5) is 18.9 Å². The quantitative estimate of drug-likeness (QED) is 0.899. The second kappa shape index (κ2) is 7.88. The lowest BCUT2D eigenvalue weighted by Crippen LogP contribution is -2.43. The fraction of sp³-hybridized carbons (Fsp3) is 0.316. The van der Waals surface area contributed by atoms with Gasteiger partial charge >= 0.3 is 6.18 Å². The molecule has 1 aliphatic rings. The number of morpholine rings is 1. The van der Waals surface area contributed by atoms with Gasteiger partial charge in [-0.1, -0.05) is 36.4 Å². The summed E-state index contributed by atoms with van der Waals surface area (Å²) in [6.45, 7) is 2.19. The van der Waals surface area contributed by atoms with Crippen LogP contribution in [0.3, 0.4) is 0 Å². The number of hydrogen-bond acceptors (Lipinski definition) is 3. The number of anilines is 1. The molecule has 1 atom stereocenters. The Hall–Kier alpha value is -2.38. The lowest BCUT2D eigenvalue weighted by molar-refractivity contribution is -0.137. The van der Waals surface area contributed by atoms with Gasteiger partial charge in [-0.25, -0.2) is 0 Å².